The van der Waals surface area contributed by atoms with Gasteiger partial charge in [0.2, 0.25) is 0 Å². The van der Waals surface area contributed by atoms with Gasteiger partial charge >= 0.3 is 0 Å². The van der Waals surface area contributed by atoms with E-state index < -0.39 is 0 Å². The first-order valence-electron chi connectivity index (χ1n) is 8.44. The van der Waals surface area contributed by atoms with E-state index in [1.54, 1.807) is 0 Å². The standard InChI is InChI=1S/C20H21N3/c1-3-14-13-15-9-5-6-11-17(15)20-19(21-22-23(20)4-2)18-12-8-7-10-16(14)18/h5-12,14H,3-4,13H2,1-2H3. The lowest BCUT2D eigenvalue weighted by Crippen LogP contribution is -2.09. The second kappa shape index (κ2) is 5.65. The highest BCUT2D eigenvalue weighted by Gasteiger charge is 2.26. The summed E-state index contributed by atoms with van der Waals surface area (Å²) in [5.74, 6) is 0.521. The SMILES string of the molecule is CCC1Cc2ccccc2-c2c(nnn2CC)-c2ccccc21. The zero-order valence-corrected chi connectivity index (χ0v) is 13.7. The number of nitrogens with zero attached hydrogens (tertiary/aromatic N) is 3. The molecule has 0 spiro atoms. The number of hydrogen-bond acceptors (Lipinski definition) is 2. The molecule has 116 valence electrons. The third-order valence-electron chi connectivity index (χ3n) is 4.92. The maximum Gasteiger partial charge on any atom is 0.121 e. The van der Waals surface area contributed by atoms with Crippen LogP contribution in [0, 0.1) is 0 Å². The lowest BCUT2D eigenvalue weighted by molar-refractivity contribution is 0.631. The van der Waals surface area contributed by atoms with E-state index in [2.05, 4.69) is 72.7 Å². The number of aryl methyl sites for hydroxylation is 1. The van der Waals surface area contributed by atoms with E-state index in [1.165, 1.54) is 22.3 Å². The summed E-state index contributed by atoms with van der Waals surface area (Å²) in [4.78, 5) is 0. The summed E-state index contributed by atoms with van der Waals surface area (Å²) >= 11 is 0. The fourth-order valence-corrected chi connectivity index (χ4v) is 3.72. The van der Waals surface area contributed by atoms with Crippen LogP contribution in [0.4, 0.5) is 0 Å². The van der Waals surface area contributed by atoms with Crippen molar-refractivity contribution in [2.75, 3.05) is 0 Å². The Morgan fingerprint density at radius 3 is 2.52 bits per heavy atom. The Kier molecular flexibility index (Phi) is 3.49. The number of aromatic nitrogens is 3. The van der Waals surface area contributed by atoms with Gasteiger partial charge in [0.1, 0.15) is 5.69 Å². The number of benzene rings is 2. The second-order valence-corrected chi connectivity index (χ2v) is 6.16. The van der Waals surface area contributed by atoms with Gasteiger partial charge in [-0.3, -0.25) is 0 Å². The lowest BCUT2D eigenvalue weighted by Gasteiger charge is -2.24. The molecule has 4 rings (SSSR count). The van der Waals surface area contributed by atoms with E-state index in [-0.39, 0.29) is 0 Å². The van der Waals surface area contributed by atoms with Crippen LogP contribution in [0.2, 0.25) is 0 Å². The molecule has 1 aromatic heterocycles. The zero-order chi connectivity index (χ0) is 15.8. The Bertz CT molecular complexity index is 848. The van der Waals surface area contributed by atoms with E-state index in [9.17, 15) is 0 Å². The van der Waals surface area contributed by atoms with Gasteiger partial charge in [0.05, 0.1) is 5.69 Å². The molecule has 0 amide bonds. The fourth-order valence-electron chi connectivity index (χ4n) is 3.72. The van der Waals surface area contributed by atoms with Crippen molar-refractivity contribution in [2.45, 2.75) is 39.2 Å². The molecule has 0 fully saturated rings. The maximum atomic E-state index is 4.55. The Morgan fingerprint density at radius 2 is 1.74 bits per heavy atom. The smallest absolute Gasteiger partial charge is 0.121 e. The second-order valence-electron chi connectivity index (χ2n) is 6.16. The molecule has 1 atom stereocenters. The van der Waals surface area contributed by atoms with Crippen molar-refractivity contribution in [2.24, 2.45) is 0 Å². The molecule has 3 nitrogen and oxygen atoms in total. The largest absolute Gasteiger partial charge is 0.244 e. The molecule has 1 unspecified atom stereocenters. The molecule has 0 radical (unpaired) electrons. The molecule has 0 bridgehead atoms. The summed E-state index contributed by atoms with van der Waals surface area (Å²) in [6.07, 6.45) is 2.20. The van der Waals surface area contributed by atoms with Gasteiger partial charge in [-0.05, 0) is 36.8 Å². The first-order valence-corrected chi connectivity index (χ1v) is 8.44. The fraction of sp³-hybridized carbons (Fsp3) is 0.300. The molecule has 0 saturated carbocycles. The normalized spacial score (nSPS) is 16.0. The van der Waals surface area contributed by atoms with Crippen molar-refractivity contribution >= 4 is 0 Å². The van der Waals surface area contributed by atoms with Crippen LogP contribution < -0.4 is 0 Å². The first kappa shape index (κ1) is 14.2. The Labute approximate surface area is 137 Å². The predicted octanol–water partition coefficient (Wildman–Crippen LogP) is 4.68. The highest BCUT2D eigenvalue weighted by molar-refractivity contribution is 5.82. The van der Waals surface area contributed by atoms with Crippen LogP contribution in [0.5, 0.6) is 0 Å². The highest BCUT2D eigenvalue weighted by Crippen LogP contribution is 2.41. The first-order chi connectivity index (χ1) is 11.3. The van der Waals surface area contributed by atoms with E-state index in [0.717, 1.165) is 30.8 Å². The van der Waals surface area contributed by atoms with Gasteiger partial charge in [-0.2, -0.15) is 0 Å². The van der Waals surface area contributed by atoms with Crippen LogP contribution in [0.15, 0.2) is 48.5 Å². The quantitative estimate of drug-likeness (QED) is 0.688. The lowest BCUT2D eigenvalue weighted by atomic mass is 9.81. The summed E-state index contributed by atoms with van der Waals surface area (Å²) in [5.41, 5.74) is 7.49. The molecule has 0 aliphatic heterocycles. The van der Waals surface area contributed by atoms with E-state index in [1.807, 2.05) is 4.68 Å². The van der Waals surface area contributed by atoms with Gasteiger partial charge in [0, 0.05) is 17.7 Å². The molecule has 1 heterocycles. The summed E-state index contributed by atoms with van der Waals surface area (Å²) in [6.45, 7) is 5.22. The van der Waals surface area contributed by atoms with E-state index in [0.29, 0.717) is 5.92 Å². The number of hydrogen-bond donors (Lipinski definition) is 0. The molecular weight excluding hydrogens is 282 g/mol. The van der Waals surface area contributed by atoms with Crippen LogP contribution in [0.3, 0.4) is 0 Å². The topological polar surface area (TPSA) is 30.7 Å². The average molecular weight is 303 g/mol. The van der Waals surface area contributed by atoms with Crippen molar-refractivity contribution in [3.05, 3.63) is 59.7 Å². The third kappa shape index (κ3) is 2.19. The molecule has 1 aliphatic rings. The summed E-state index contributed by atoms with van der Waals surface area (Å²) in [7, 11) is 0. The van der Waals surface area contributed by atoms with Gasteiger partial charge in [-0.25, -0.2) is 4.68 Å². The van der Waals surface area contributed by atoms with Crippen molar-refractivity contribution in [1.82, 2.24) is 15.0 Å². The van der Waals surface area contributed by atoms with Crippen molar-refractivity contribution < 1.29 is 0 Å². The molecule has 0 saturated heterocycles. The minimum absolute atomic E-state index is 0.521. The Hall–Kier alpha value is -2.42. The van der Waals surface area contributed by atoms with Crippen LogP contribution in [0.1, 0.15) is 37.3 Å². The molecule has 1 aliphatic carbocycles. The monoisotopic (exact) mass is 303 g/mol. The summed E-state index contributed by atoms with van der Waals surface area (Å²) < 4.78 is 2.03. The summed E-state index contributed by atoms with van der Waals surface area (Å²) in [5, 5.41) is 8.97. The van der Waals surface area contributed by atoms with Crippen molar-refractivity contribution in [1.29, 1.82) is 0 Å². The number of fused-ring (bicyclic) bond motifs is 5. The average Bonchev–Trinajstić information content (AvgIpc) is 3.02. The van der Waals surface area contributed by atoms with Gasteiger partial charge < -0.3 is 0 Å². The molecule has 23 heavy (non-hydrogen) atoms. The van der Waals surface area contributed by atoms with Gasteiger partial charge in [0.15, 0.2) is 0 Å². The minimum atomic E-state index is 0.521. The molecular formula is C20H21N3. The Balaban J connectivity index is 2.08. The predicted molar refractivity (Wildman–Crippen MR) is 93.3 cm³/mol. The van der Waals surface area contributed by atoms with Gasteiger partial charge in [0.25, 0.3) is 0 Å². The van der Waals surface area contributed by atoms with Gasteiger partial charge in [-0.1, -0.05) is 60.7 Å². The molecule has 0 N–H and O–H groups in total. The highest BCUT2D eigenvalue weighted by atomic mass is 15.4. The van der Waals surface area contributed by atoms with Crippen LogP contribution in [-0.4, -0.2) is 15.0 Å². The number of rotatable bonds is 2. The van der Waals surface area contributed by atoms with Crippen molar-refractivity contribution in [3.8, 4) is 22.5 Å². The molecule has 3 aromatic rings. The van der Waals surface area contributed by atoms with Gasteiger partial charge in [-0.15, -0.1) is 5.10 Å². The van der Waals surface area contributed by atoms with E-state index >= 15 is 0 Å². The van der Waals surface area contributed by atoms with E-state index in [4.69, 9.17) is 0 Å². The Morgan fingerprint density at radius 1 is 1.00 bits per heavy atom. The van der Waals surface area contributed by atoms with Crippen molar-refractivity contribution in [3.63, 3.8) is 0 Å². The molecule has 3 heteroatoms. The zero-order valence-electron chi connectivity index (χ0n) is 13.7. The minimum Gasteiger partial charge on any atom is -0.244 e. The van der Waals surface area contributed by atoms with Crippen LogP contribution in [-0.2, 0) is 13.0 Å². The molecule has 2 aromatic carbocycles. The maximum absolute atomic E-state index is 4.55. The van der Waals surface area contributed by atoms with Crippen LogP contribution in [0.25, 0.3) is 22.5 Å². The summed E-state index contributed by atoms with van der Waals surface area (Å²) in [6, 6.07) is 17.4. The third-order valence-corrected chi connectivity index (χ3v) is 4.92. The van der Waals surface area contributed by atoms with Crippen LogP contribution >= 0.6 is 0 Å².